The van der Waals surface area contributed by atoms with Crippen LogP contribution in [0.25, 0.3) is 80.9 Å². The molecule has 0 N–H and O–H groups in total. The molecular weight excluding hydrogens is 506 g/mol. The maximum Gasteiger partial charge on any atom is 0.235 e. The second kappa shape index (κ2) is 8.22. The Kier molecular flexibility index (Phi) is 4.48. The zero-order valence-electron chi connectivity index (χ0n) is 21.4. The van der Waals surface area contributed by atoms with Crippen molar-refractivity contribution in [1.82, 2.24) is 14.5 Å². The van der Waals surface area contributed by atoms with Crippen LogP contribution in [0.4, 0.5) is 0 Å². The molecule has 3 heterocycles. The van der Waals surface area contributed by atoms with E-state index >= 15 is 0 Å². The summed E-state index contributed by atoms with van der Waals surface area (Å²) in [6, 6.07) is 45.2. The first-order chi connectivity index (χ1) is 19.8. The van der Waals surface area contributed by atoms with Gasteiger partial charge in [0.1, 0.15) is 0 Å². The van der Waals surface area contributed by atoms with E-state index < -0.39 is 0 Å². The van der Waals surface area contributed by atoms with Gasteiger partial charge < -0.3 is 0 Å². The van der Waals surface area contributed by atoms with Crippen molar-refractivity contribution >= 4 is 75.0 Å². The normalized spacial score (nSPS) is 12.0. The predicted molar refractivity (Wildman–Crippen MR) is 170 cm³/mol. The summed E-state index contributed by atoms with van der Waals surface area (Å²) >= 11 is 1.79. The van der Waals surface area contributed by atoms with Gasteiger partial charge in [-0.25, -0.2) is 9.97 Å². The fourth-order valence-electron chi connectivity index (χ4n) is 6.12. The number of benzene rings is 6. The molecule has 0 fully saturated rings. The van der Waals surface area contributed by atoms with E-state index in [0.29, 0.717) is 5.95 Å². The van der Waals surface area contributed by atoms with E-state index in [-0.39, 0.29) is 0 Å². The highest BCUT2D eigenvalue weighted by atomic mass is 32.1. The van der Waals surface area contributed by atoms with Gasteiger partial charge in [-0.15, -0.1) is 11.3 Å². The number of para-hydroxylation sites is 1. The van der Waals surface area contributed by atoms with Crippen molar-refractivity contribution in [3.8, 4) is 17.2 Å². The van der Waals surface area contributed by atoms with Crippen LogP contribution in [0.1, 0.15) is 0 Å². The molecule has 3 aromatic heterocycles. The van der Waals surface area contributed by atoms with E-state index in [1.54, 1.807) is 11.3 Å². The van der Waals surface area contributed by atoms with Crippen LogP contribution in [0.15, 0.2) is 127 Å². The largest absolute Gasteiger partial charge is 0.278 e. The quantitative estimate of drug-likeness (QED) is 0.224. The van der Waals surface area contributed by atoms with Crippen molar-refractivity contribution in [3.05, 3.63) is 127 Å². The van der Waals surface area contributed by atoms with E-state index in [9.17, 15) is 0 Å². The third-order valence-electron chi connectivity index (χ3n) is 7.98. The molecule has 0 radical (unpaired) electrons. The number of hydrogen-bond acceptors (Lipinski definition) is 3. The first kappa shape index (κ1) is 21.8. The van der Waals surface area contributed by atoms with Gasteiger partial charge in [0.15, 0.2) is 0 Å². The van der Waals surface area contributed by atoms with Gasteiger partial charge in [-0.2, -0.15) is 0 Å². The van der Waals surface area contributed by atoms with Crippen LogP contribution < -0.4 is 0 Å². The Bertz CT molecular complexity index is 2430. The lowest BCUT2D eigenvalue weighted by Gasteiger charge is -2.10. The minimum Gasteiger partial charge on any atom is -0.278 e. The molecule has 9 rings (SSSR count). The molecule has 0 aliphatic carbocycles. The molecule has 40 heavy (non-hydrogen) atoms. The van der Waals surface area contributed by atoms with Crippen LogP contribution >= 0.6 is 11.3 Å². The number of rotatable bonds is 2. The van der Waals surface area contributed by atoms with Crippen LogP contribution in [0.2, 0.25) is 0 Å². The molecule has 0 bridgehead atoms. The summed E-state index contributed by atoms with van der Waals surface area (Å²) in [5.74, 6) is 0.695. The highest BCUT2D eigenvalue weighted by molar-refractivity contribution is 7.27. The van der Waals surface area contributed by atoms with E-state index in [1.165, 1.54) is 42.4 Å². The van der Waals surface area contributed by atoms with Gasteiger partial charge in [0.25, 0.3) is 0 Å². The van der Waals surface area contributed by atoms with Crippen LogP contribution in [0.5, 0.6) is 0 Å². The monoisotopic (exact) mass is 527 g/mol. The summed E-state index contributed by atoms with van der Waals surface area (Å²) in [6.07, 6.45) is 0. The fourth-order valence-corrected chi connectivity index (χ4v) is 7.41. The lowest BCUT2D eigenvalue weighted by molar-refractivity contribution is 1.02. The lowest BCUT2D eigenvalue weighted by atomic mass is 10.1. The van der Waals surface area contributed by atoms with Gasteiger partial charge in [0.05, 0.1) is 26.9 Å². The molecule has 0 saturated heterocycles. The fraction of sp³-hybridized carbons (Fsp3) is 0. The van der Waals surface area contributed by atoms with Crippen molar-refractivity contribution < 1.29 is 0 Å². The van der Waals surface area contributed by atoms with Crippen LogP contribution in [-0.2, 0) is 0 Å². The van der Waals surface area contributed by atoms with Crippen LogP contribution in [-0.4, -0.2) is 14.5 Å². The molecule has 0 aliphatic rings. The average molecular weight is 528 g/mol. The topological polar surface area (TPSA) is 30.7 Å². The number of thiophene rings is 1. The second-order valence-electron chi connectivity index (χ2n) is 10.3. The number of hydrogen-bond donors (Lipinski definition) is 0. The SMILES string of the molecule is c1ccc(-c2nc(-n3c4ccccc4c4cc5ccccc5cc43)nc3c2sc2c4ccccc4ccc32)cc1. The molecule has 3 nitrogen and oxygen atoms in total. The summed E-state index contributed by atoms with van der Waals surface area (Å²) < 4.78 is 4.62. The van der Waals surface area contributed by atoms with Crippen LogP contribution in [0.3, 0.4) is 0 Å². The molecule has 0 unspecified atom stereocenters. The van der Waals surface area contributed by atoms with Crippen molar-refractivity contribution in [2.75, 3.05) is 0 Å². The minimum absolute atomic E-state index is 0.695. The third-order valence-corrected chi connectivity index (χ3v) is 9.21. The predicted octanol–water partition coefficient (Wildman–Crippen LogP) is 9.91. The summed E-state index contributed by atoms with van der Waals surface area (Å²) in [5, 5.41) is 8.52. The van der Waals surface area contributed by atoms with Gasteiger partial charge >= 0.3 is 0 Å². The second-order valence-corrected chi connectivity index (χ2v) is 11.3. The summed E-state index contributed by atoms with van der Waals surface area (Å²) in [6.45, 7) is 0. The van der Waals surface area contributed by atoms with E-state index in [2.05, 4.69) is 132 Å². The summed E-state index contributed by atoms with van der Waals surface area (Å²) in [7, 11) is 0. The molecule has 6 aromatic carbocycles. The van der Waals surface area contributed by atoms with Gasteiger partial charge in [0.2, 0.25) is 5.95 Å². The Hall–Kier alpha value is -5.06. The van der Waals surface area contributed by atoms with Crippen molar-refractivity contribution in [2.24, 2.45) is 0 Å². The van der Waals surface area contributed by atoms with Gasteiger partial charge in [-0.3, -0.25) is 4.57 Å². The van der Waals surface area contributed by atoms with Crippen LogP contribution in [0, 0.1) is 0 Å². The number of aromatic nitrogens is 3. The Balaban J connectivity index is 1.46. The molecule has 0 spiro atoms. The molecule has 4 heteroatoms. The number of nitrogens with zero attached hydrogens (tertiary/aromatic N) is 3. The van der Waals surface area contributed by atoms with Gasteiger partial charge in [0, 0.05) is 26.4 Å². The summed E-state index contributed by atoms with van der Waals surface area (Å²) in [5.41, 5.74) is 5.29. The Labute approximate surface area is 233 Å². The number of fused-ring (bicyclic) bond motifs is 9. The standard InChI is InChI=1S/C36H21N3S/c1-2-11-23(12-3-1)32-35-33(28-19-18-22-10-6-7-15-26(22)34(28)40-35)38-36(37-32)39-30-17-9-8-16-27(30)29-20-24-13-4-5-14-25(24)21-31(29)39/h1-21H. The van der Waals surface area contributed by atoms with Crippen molar-refractivity contribution in [3.63, 3.8) is 0 Å². The molecule has 9 aromatic rings. The maximum absolute atomic E-state index is 5.34. The third kappa shape index (κ3) is 3.05. The average Bonchev–Trinajstić information content (AvgIpc) is 3.55. The zero-order chi connectivity index (χ0) is 26.2. The Morgan fingerprint density at radius 3 is 2.02 bits per heavy atom. The Morgan fingerprint density at radius 1 is 0.475 bits per heavy atom. The molecule has 0 amide bonds. The minimum atomic E-state index is 0.695. The molecule has 0 atom stereocenters. The zero-order valence-corrected chi connectivity index (χ0v) is 22.2. The summed E-state index contributed by atoms with van der Waals surface area (Å²) in [4.78, 5) is 10.7. The Morgan fingerprint density at radius 2 is 1.18 bits per heavy atom. The van der Waals surface area contributed by atoms with E-state index in [0.717, 1.165) is 32.5 Å². The van der Waals surface area contributed by atoms with Crippen molar-refractivity contribution in [2.45, 2.75) is 0 Å². The maximum atomic E-state index is 5.34. The highest BCUT2D eigenvalue weighted by Gasteiger charge is 2.20. The van der Waals surface area contributed by atoms with Gasteiger partial charge in [-0.05, 0) is 39.7 Å². The van der Waals surface area contributed by atoms with Crippen molar-refractivity contribution in [1.29, 1.82) is 0 Å². The molecule has 186 valence electrons. The van der Waals surface area contributed by atoms with E-state index in [4.69, 9.17) is 9.97 Å². The van der Waals surface area contributed by atoms with Gasteiger partial charge in [-0.1, -0.05) is 109 Å². The first-order valence-corrected chi connectivity index (χ1v) is 14.2. The first-order valence-electron chi connectivity index (χ1n) is 13.4. The van der Waals surface area contributed by atoms with E-state index in [1.807, 2.05) is 0 Å². The smallest absolute Gasteiger partial charge is 0.235 e. The highest BCUT2D eigenvalue weighted by Crippen LogP contribution is 2.42. The lowest BCUT2D eigenvalue weighted by Crippen LogP contribution is -2.02. The molecule has 0 aliphatic heterocycles. The molecule has 0 saturated carbocycles. The molecular formula is C36H21N3S.